The van der Waals surface area contributed by atoms with Crippen LogP contribution in [0.25, 0.3) is 11.1 Å². The summed E-state index contributed by atoms with van der Waals surface area (Å²) in [6, 6.07) is 11.8. The van der Waals surface area contributed by atoms with Crippen molar-refractivity contribution in [2.75, 3.05) is 20.8 Å². The molecule has 0 amide bonds. The van der Waals surface area contributed by atoms with Crippen LogP contribution in [0.1, 0.15) is 10.4 Å². The van der Waals surface area contributed by atoms with Crippen molar-refractivity contribution >= 4 is 5.97 Å². The van der Waals surface area contributed by atoms with Crippen LogP contribution in [0, 0.1) is 0 Å². The van der Waals surface area contributed by atoms with E-state index in [1.807, 2.05) is 6.07 Å². The molecule has 9 heteroatoms. The molecule has 162 valence electrons. The van der Waals surface area contributed by atoms with Gasteiger partial charge in [0.05, 0.1) is 26.4 Å². The fourth-order valence-corrected chi connectivity index (χ4v) is 3.18. The monoisotopic (exact) mass is 420 g/mol. The maximum Gasteiger partial charge on any atom is 0.337 e. The number of benzene rings is 2. The van der Waals surface area contributed by atoms with E-state index in [0.29, 0.717) is 11.3 Å². The van der Waals surface area contributed by atoms with Crippen molar-refractivity contribution in [1.29, 1.82) is 0 Å². The van der Waals surface area contributed by atoms with E-state index in [0.717, 1.165) is 11.1 Å². The maximum absolute atomic E-state index is 11.8. The van der Waals surface area contributed by atoms with Crippen LogP contribution in [0.3, 0.4) is 0 Å². The highest BCUT2D eigenvalue weighted by Crippen LogP contribution is 2.35. The molecule has 2 aromatic rings. The van der Waals surface area contributed by atoms with Gasteiger partial charge in [0.15, 0.2) is 11.5 Å². The van der Waals surface area contributed by atoms with Crippen LogP contribution in [0.5, 0.6) is 11.5 Å². The van der Waals surface area contributed by atoms with Gasteiger partial charge in [-0.25, -0.2) is 4.79 Å². The van der Waals surface area contributed by atoms with Crippen molar-refractivity contribution in [3.8, 4) is 22.6 Å². The lowest BCUT2D eigenvalue weighted by Gasteiger charge is -2.39. The Bertz CT molecular complexity index is 883. The lowest BCUT2D eigenvalue weighted by molar-refractivity contribution is -0.277. The third kappa shape index (κ3) is 4.40. The molecule has 2 aromatic carbocycles. The fraction of sp³-hybridized carbons (Fsp3) is 0.381. The molecular formula is C21H24O9. The number of carbonyl (C=O) groups excluding carboxylic acids is 1. The molecular weight excluding hydrogens is 396 g/mol. The Morgan fingerprint density at radius 1 is 0.967 bits per heavy atom. The number of ether oxygens (including phenoxy) is 4. The topological polar surface area (TPSA) is 135 Å². The number of methoxy groups -OCH3 is 2. The van der Waals surface area contributed by atoms with Gasteiger partial charge in [-0.1, -0.05) is 18.2 Å². The van der Waals surface area contributed by atoms with Crippen molar-refractivity contribution in [3.63, 3.8) is 0 Å². The predicted octanol–water partition coefficient (Wildman–Crippen LogP) is 0.327. The summed E-state index contributed by atoms with van der Waals surface area (Å²) in [6.07, 6.45) is -6.98. The summed E-state index contributed by atoms with van der Waals surface area (Å²) in [5.74, 6) is 0.0778. The zero-order valence-corrected chi connectivity index (χ0v) is 16.5. The van der Waals surface area contributed by atoms with Crippen LogP contribution in [0.15, 0.2) is 42.5 Å². The van der Waals surface area contributed by atoms with Gasteiger partial charge < -0.3 is 39.4 Å². The van der Waals surface area contributed by atoms with Crippen LogP contribution in [-0.2, 0) is 9.47 Å². The lowest BCUT2D eigenvalue weighted by atomic mass is 9.99. The lowest BCUT2D eigenvalue weighted by Crippen LogP contribution is -2.60. The molecule has 5 atom stereocenters. The molecule has 4 N–H and O–H groups in total. The van der Waals surface area contributed by atoms with E-state index in [1.165, 1.54) is 14.2 Å². The zero-order valence-electron chi connectivity index (χ0n) is 16.5. The van der Waals surface area contributed by atoms with E-state index in [1.54, 1.807) is 36.4 Å². The molecule has 1 fully saturated rings. The van der Waals surface area contributed by atoms with E-state index < -0.39 is 43.3 Å². The summed E-state index contributed by atoms with van der Waals surface area (Å²) in [6.45, 7) is -0.558. The number of aliphatic hydroxyl groups excluding tert-OH is 4. The highest BCUT2D eigenvalue weighted by atomic mass is 16.7. The van der Waals surface area contributed by atoms with Crippen molar-refractivity contribution in [1.82, 2.24) is 0 Å². The molecule has 0 aliphatic carbocycles. The van der Waals surface area contributed by atoms with Gasteiger partial charge in [0, 0.05) is 0 Å². The van der Waals surface area contributed by atoms with E-state index in [9.17, 15) is 25.2 Å². The minimum atomic E-state index is -1.55. The molecule has 3 rings (SSSR count). The second-order valence-electron chi connectivity index (χ2n) is 6.75. The number of hydrogen-bond acceptors (Lipinski definition) is 9. The smallest absolute Gasteiger partial charge is 0.337 e. The summed E-state index contributed by atoms with van der Waals surface area (Å²) in [5.41, 5.74) is 1.88. The van der Waals surface area contributed by atoms with Gasteiger partial charge in [0.2, 0.25) is 6.29 Å². The van der Waals surface area contributed by atoms with Gasteiger partial charge in [0.25, 0.3) is 0 Å². The molecule has 1 unspecified atom stereocenters. The highest BCUT2D eigenvalue weighted by molar-refractivity contribution is 5.91. The molecule has 0 saturated carbocycles. The Hall–Kier alpha value is -2.69. The van der Waals surface area contributed by atoms with E-state index in [2.05, 4.69) is 0 Å². The number of aliphatic hydroxyl groups is 4. The number of rotatable bonds is 6. The Morgan fingerprint density at radius 3 is 2.37 bits per heavy atom. The highest BCUT2D eigenvalue weighted by Gasteiger charge is 2.44. The Kier molecular flexibility index (Phi) is 6.91. The summed E-state index contributed by atoms with van der Waals surface area (Å²) >= 11 is 0. The minimum absolute atomic E-state index is 0.217. The molecule has 0 radical (unpaired) electrons. The molecule has 30 heavy (non-hydrogen) atoms. The quantitative estimate of drug-likeness (QED) is 0.488. The van der Waals surface area contributed by atoms with Gasteiger partial charge >= 0.3 is 5.97 Å². The van der Waals surface area contributed by atoms with Gasteiger partial charge in [-0.15, -0.1) is 0 Å². The van der Waals surface area contributed by atoms with E-state index >= 15 is 0 Å². The minimum Gasteiger partial charge on any atom is -0.493 e. The normalized spacial score (nSPS) is 26.1. The van der Waals surface area contributed by atoms with Crippen LogP contribution in [0.4, 0.5) is 0 Å². The van der Waals surface area contributed by atoms with Crippen LogP contribution in [0.2, 0.25) is 0 Å². The van der Waals surface area contributed by atoms with Crippen molar-refractivity contribution in [3.05, 3.63) is 48.0 Å². The summed E-state index contributed by atoms with van der Waals surface area (Å²) in [5, 5.41) is 39.3. The SMILES string of the molecule is COC(=O)c1cccc(-c2ccc(O[C@@H]3O[C@H](CO)[C@@H](O)[C@H](O)C3O)c(OC)c2)c1. The number of carbonyl (C=O) groups is 1. The van der Waals surface area contributed by atoms with E-state index in [4.69, 9.17) is 18.9 Å². The third-order valence-electron chi connectivity index (χ3n) is 4.87. The molecule has 1 heterocycles. The Balaban J connectivity index is 1.85. The maximum atomic E-state index is 11.8. The number of hydrogen-bond donors (Lipinski definition) is 4. The first-order valence-corrected chi connectivity index (χ1v) is 9.23. The Labute approximate surface area is 173 Å². The molecule has 0 aromatic heterocycles. The first-order chi connectivity index (χ1) is 14.4. The van der Waals surface area contributed by atoms with Gasteiger partial charge in [-0.05, 0) is 35.4 Å². The average Bonchev–Trinajstić information content (AvgIpc) is 2.79. The molecule has 1 aliphatic rings. The summed E-state index contributed by atoms with van der Waals surface area (Å²) in [4.78, 5) is 11.8. The molecule has 1 saturated heterocycles. The van der Waals surface area contributed by atoms with Crippen molar-refractivity contribution in [2.24, 2.45) is 0 Å². The van der Waals surface area contributed by atoms with E-state index in [-0.39, 0.29) is 5.75 Å². The standard InChI is InChI=1S/C21H24O9/c1-27-15-9-12(11-4-3-5-13(8-11)20(26)28-2)6-7-14(15)29-21-19(25)18(24)17(23)16(10-22)30-21/h3-9,16-19,21-25H,10H2,1-2H3/t16-,17-,18+,19?,21-/m1/s1. The predicted molar refractivity (Wildman–Crippen MR) is 104 cm³/mol. The Morgan fingerprint density at radius 2 is 1.70 bits per heavy atom. The largest absolute Gasteiger partial charge is 0.493 e. The van der Waals surface area contributed by atoms with Gasteiger partial charge in [-0.2, -0.15) is 0 Å². The molecule has 0 spiro atoms. The molecule has 0 bridgehead atoms. The second-order valence-corrected chi connectivity index (χ2v) is 6.75. The van der Waals surface area contributed by atoms with Gasteiger partial charge in [0.1, 0.15) is 24.4 Å². The fourth-order valence-electron chi connectivity index (χ4n) is 3.18. The number of esters is 1. The van der Waals surface area contributed by atoms with Gasteiger partial charge in [-0.3, -0.25) is 0 Å². The van der Waals surface area contributed by atoms with Crippen LogP contribution >= 0.6 is 0 Å². The first kappa shape index (κ1) is 22.0. The first-order valence-electron chi connectivity index (χ1n) is 9.23. The van der Waals surface area contributed by atoms with Crippen LogP contribution in [-0.4, -0.2) is 77.9 Å². The average molecular weight is 420 g/mol. The molecule has 9 nitrogen and oxygen atoms in total. The molecule has 1 aliphatic heterocycles. The van der Waals surface area contributed by atoms with Crippen molar-refractivity contribution < 1.29 is 44.2 Å². The second kappa shape index (κ2) is 9.41. The van der Waals surface area contributed by atoms with Crippen molar-refractivity contribution in [2.45, 2.75) is 30.7 Å². The zero-order chi connectivity index (χ0) is 21.8. The van der Waals surface area contributed by atoms with Crippen LogP contribution < -0.4 is 9.47 Å². The summed E-state index contributed by atoms with van der Waals surface area (Å²) in [7, 11) is 2.74. The third-order valence-corrected chi connectivity index (χ3v) is 4.87. The summed E-state index contributed by atoms with van der Waals surface area (Å²) < 4.78 is 21.1.